The highest BCUT2D eigenvalue weighted by molar-refractivity contribution is 4.81. The SMILES string of the molecule is CCC(C)CCCCC/C=C\CCCCCC(C)CCN. The summed E-state index contributed by atoms with van der Waals surface area (Å²) in [5.41, 5.74) is 5.57. The van der Waals surface area contributed by atoms with Gasteiger partial charge in [-0.25, -0.2) is 0 Å². The van der Waals surface area contributed by atoms with Crippen molar-refractivity contribution in [1.29, 1.82) is 0 Å². The van der Waals surface area contributed by atoms with Crippen LogP contribution < -0.4 is 5.73 Å². The van der Waals surface area contributed by atoms with Gasteiger partial charge in [-0.1, -0.05) is 77.9 Å². The molecule has 0 saturated heterocycles. The molecule has 1 nitrogen and oxygen atoms in total. The Morgan fingerprint density at radius 3 is 1.71 bits per heavy atom. The lowest BCUT2D eigenvalue weighted by Gasteiger charge is -2.08. The molecule has 0 aromatic carbocycles. The van der Waals surface area contributed by atoms with Gasteiger partial charge in [0.15, 0.2) is 0 Å². The topological polar surface area (TPSA) is 26.0 Å². The zero-order valence-corrected chi connectivity index (χ0v) is 15.1. The number of unbranched alkanes of at least 4 members (excludes halogenated alkanes) is 6. The van der Waals surface area contributed by atoms with Gasteiger partial charge in [0.05, 0.1) is 0 Å². The standard InChI is InChI=1S/C20H41N/c1-4-19(2)15-13-11-9-7-5-6-8-10-12-14-16-20(3)17-18-21/h5-6,19-20H,4,7-18,21H2,1-3H3/b6-5-. The first-order valence-electron chi connectivity index (χ1n) is 9.55. The van der Waals surface area contributed by atoms with E-state index in [1.807, 2.05) is 0 Å². The first-order chi connectivity index (χ1) is 10.2. The summed E-state index contributed by atoms with van der Waals surface area (Å²) in [5, 5.41) is 0. The average molecular weight is 296 g/mol. The minimum absolute atomic E-state index is 0.820. The van der Waals surface area contributed by atoms with Crippen LogP contribution >= 0.6 is 0 Å². The van der Waals surface area contributed by atoms with Crippen molar-refractivity contribution < 1.29 is 0 Å². The molecule has 0 spiro atoms. The van der Waals surface area contributed by atoms with Crippen LogP contribution in [0.15, 0.2) is 12.2 Å². The lowest BCUT2D eigenvalue weighted by molar-refractivity contribution is 0.467. The van der Waals surface area contributed by atoms with E-state index in [4.69, 9.17) is 5.73 Å². The average Bonchev–Trinajstić information content (AvgIpc) is 2.48. The van der Waals surface area contributed by atoms with Crippen LogP contribution in [0.3, 0.4) is 0 Å². The van der Waals surface area contributed by atoms with Crippen LogP contribution in [0.25, 0.3) is 0 Å². The Kier molecular flexibility index (Phi) is 15.8. The molecule has 2 unspecified atom stereocenters. The number of hydrogen-bond donors (Lipinski definition) is 1. The molecule has 0 aliphatic rings. The van der Waals surface area contributed by atoms with Crippen LogP contribution in [0.5, 0.6) is 0 Å². The van der Waals surface area contributed by atoms with E-state index in [1.54, 1.807) is 0 Å². The van der Waals surface area contributed by atoms with Gasteiger partial charge in [-0.15, -0.1) is 0 Å². The molecule has 2 N–H and O–H groups in total. The van der Waals surface area contributed by atoms with Crippen molar-refractivity contribution in [3.63, 3.8) is 0 Å². The molecule has 0 heterocycles. The van der Waals surface area contributed by atoms with Crippen molar-refractivity contribution in [1.82, 2.24) is 0 Å². The van der Waals surface area contributed by atoms with E-state index in [2.05, 4.69) is 32.9 Å². The molecule has 0 aromatic heterocycles. The van der Waals surface area contributed by atoms with Gasteiger partial charge in [0, 0.05) is 0 Å². The van der Waals surface area contributed by atoms with Gasteiger partial charge in [0.2, 0.25) is 0 Å². The monoisotopic (exact) mass is 295 g/mol. The fourth-order valence-electron chi connectivity index (χ4n) is 2.73. The summed E-state index contributed by atoms with van der Waals surface area (Å²) in [4.78, 5) is 0. The lowest BCUT2D eigenvalue weighted by atomic mass is 9.99. The molecule has 0 aliphatic carbocycles. The Balaban J connectivity index is 3.19. The van der Waals surface area contributed by atoms with Crippen molar-refractivity contribution in [3.05, 3.63) is 12.2 Å². The van der Waals surface area contributed by atoms with Gasteiger partial charge < -0.3 is 5.73 Å². The second-order valence-electron chi connectivity index (χ2n) is 6.94. The maximum absolute atomic E-state index is 5.57. The van der Waals surface area contributed by atoms with Crippen molar-refractivity contribution in [2.24, 2.45) is 17.6 Å². The number of hydrogen-bond acceptors (Lipinski definition) is 1. The summed E-state index contributed by atoms with van der Waals surface area (Å²) in [6, 6.07) is 0. The van der Waals surface area contributed by atoms with Gasteiger partial charge in [0.25, 0.3) is 0 Å². The fraction of sp³-hybridized carbons (Fsp3) is 0.900. The molecule has 0 aromatic rings. The predicted molar refractivity (Wildman–Crippen MR) is 97.6 cm³/mol. The lowest BCUT2D eigenvalue weighted by Crippen LogP contribution is -2.05. The Morgan fingerprint density at radius 1 is 0.714 bits per heavy atom. The Labute approximate surface area is 134 Å². The first kappa shape index (κ1) is 20.7. The molecule has 0 rings (SSSR count). The highest BCUT2D eigenvalue weighted by Gasteiger charge is 1.99. The quantitative estimate of drug-likeness (QED) is 0.272. The Morgan fingerprint density at radius 2 is 1.24 bits per heavy atom. The van der Waals surface area contributed by atoms with E-state index in [9.17, 15) is 0 Å². The third-order valence-corrected chi connectivity index (χ3v) is 4.66. The van der Waals surface area contributed by atoms with Crippen LogP contribution in [-0.2, 0) is 0 Å². The van der Waals surface area contributed by atoms with E-state index >= 15 is 0 Å². The molecule has 0 amide bonds. The third kappa shape index (κ3) is 15.9. The molecule has 2 atom stereocenters. The molecule has 0 radical (unpaired) electrons. The van der Waals surface area contributed by atoms with Gasteiger partial charge in [-0.05, 0) is 50.5 Å². The Hall–Kier alpha value is -0.300. The van der Waals surface area contributed by atoms with Crippen LogP contribution in [0, 0.1) is 11.8 Å². The minimum atomic E-state index is 0.820. The normalized spacial score (nSPS) is 14.7. The summed E-state index contributed by atoms with van der Waals surface area (Å²) < 4.78 is 0. The number of rotatable bonds is 15. The van der Waals surface area contributed by atoms with E-state index in [-0.39, 0.29) is 0 Å². The van der Waals surface area contributed by atoms with E-state index in [0.29, 0.717) is 0 Å². The van der Waals surface area contributed by atoms with Crippen LogP contribution in [0.4, 0.5) is 0 Å². The minimum Gasteiger partial charge on any atom is -0.330 e. The zero-order chi connectivity index (χ0) is 15.8. The van der Waals surface area contributed by atoms with Gasteiger partial charge in [-0.2, -0.15) is 0 Å². The molecule has 126 valence electrons. The summed E-state index contributed by atoms with van der Waals surface area (Å²) >= 11 is 0. The van der Waals surface area contributed by atoms with Crippen molar-refractivity contribution in [3.8, 4) is 0 Å². The largest absolute Gasteiger partial charge is 0.330 e. The van der Waals surface area contributed by atoms with Crippen molar-refractivity contribution in [2.75, 3.05) is 6.54 Å². The second-order valence-corrected chi connectivity index (χ2v) is 6.94. The van der Waals surface area contributed by atoms with E-state index in [1.165, 1.54) is 77.0 Å². The zero-order valence-electron chi connectivity index (χ0n) is 15.1. The molecule has 1 heteroatoms. The summed E-state index contributed by atoms with van der Waals surface area (Å²) in [7, 11) is 0. The van der Waals surface area contributed by atoms with E-state index < -0.39 is 0 Å². The fourth-order valence-corrected chi connectivity index (χ4v) is 2.73. The van der Waals surface area contributed by atoms with Crippen LogP contribution in [0.2, 0.25) is 0 Å². The smallest absolute Gasteiger partial charge is 0.00747 e. The maximum atomic E-state index is 5.57. The van der Waals surface area contributed by atoms with E-state index in [0.717, 1.165) is 18.4 Å². The summed E-state index contributed by atoms with van der Waals surface area (Å²) in [5.74, 6) is 1.74. The highest BCUT2D eigenvalue weighted by atomic mass is 14.5. The molecule has 0 bridgehead atoms. The van der Waals surface area contributed by atoms with Gasteiger partial charge in [0.1, 0.15) is 0 Å². The maximum Gasteiger partial charge on any atom is -0.00747 e. The van der Waals surface area contributed by atoms with Crippen LogP contribution in [0.1, 0.15) is 97.8 Å². The Bertz CT molecular complexity index is 222. The van der Waals surface area contributed by atoms with Crippen molar-refractivity contribution >= 4 is 0 Å². The highest BCUT2D eigenvalue weighted by Crippen LogP contribution is 2.14. The molecule has 0 saturated carbocycles. The van der Waals surface area contributed by atoms with Crippen molar-refractivity contribution in [2.45, 2.75) is 97.8 Å². The molecular formula is C20H41N. The number of nitrogens with two attached hydrogens (primary N) is 1. The van der Waals surface area contributed by atoms with Gasteiger partial charge in [-0.3, -0.25) is 0 Å². The van der Waals surface area contributed by atoms with Gasteiger partial charge >= 0.3 is 0 Å². The molecule has 21 heavy (non-hydrogen) atoms. The van der Waals surface area contributed by atoms with Crippen LogP contribution in [-0.4, -0.2) is 6.54 Å². The second kappa shape index (κ2) is 16.1. The molecule has 0 fully saturated rings. The molecule has 0 aliphatic heterocycles. The first-order valence-corrected chi connectivity index (χ1v) is 9.55. The number of allylic oxidation sites excluding steroid dienone is 2. The summed E-state index contributed by atoms with van der Waals surface area (Å²) in [6.45, 7) is 7.85. The summed E-state index contributed by atoms with van der Waals surface area (Å²) in [6.07, 6.45) is 21.0. The predicted octanol–water partition coefficient (Wildman–Crippen LogP) is 6.47. The molecular weight excluding hydrogens is 254 g/mol. The third-order valence-electron chi connectivity index (χ3n) is 4.66.